The van der Waals surface area contributed by atoms with Gasteiger partial charge in [-0.15, -0.1) is 5.10 Å². The molecule has 5 heteroatoms. The number of hydrogen-bond donors (Lipinski definition) is 1. The van der Waals surface area contributed by atoms with Crippen LogP contribution in [0.3, 0.4) is 0 Å². The summed E-state index contributed by atoms with van der Waals surface area (Å²) >= 11 is 0. The molecule has 1 heterocycles. The molecule has 15 heavy (non-hydrogen) atoms. The Labute approximate surface area is 89.6 Å². The average Bonchev–Trinajstić information content (AvgIpc) is 2.66. The molecular weight excluding hydrogens is 192 g/mol. The van der Waals surface area contributed by atoms with Crippen LogP contribution >= 0.6 is 0 Å². The van der Waals surface area contributed by atoms with Crippen molar-refractivity contribution in [3.05, 3.63) is 11.9 Å². The molecule has 0 spiro atoms. The molecule has 0 bridgehead atoms. The summed E-state index contributed by atoms with van der Waals surface area (Å²) in [6.07, 6.45) is 3.18. The lowest BCUT2D eigenvalue weighted by Crippen LogP contribution is -2.19. The third-order valence-electron chi connectivity index (χ3n) is 2.35. The summed E-state index contributed by atoms with van der Waals surface area (Å²) in [6, 6.07) is 0. The standard InChI is InChI=1S/C10H18N4O/c1-3-6-14-9(7-12-13-14)10(15)8(2)4-5-11/h7-8H,3-6,11H2,1-2H3. The highest BCUT2D eigenvalue weighted by molar-refractivity contribution is 5.95. The zero-order valence-corrected chi connectivity index (χ0v) is 9.31. The predicted molar refractivity (Wildman–Crippen MR) is 57.5 cm³/mol. The molecule has 0 aromatic carbocycles. The van der Waals surface area contributed by atoms with E-state index in [2.05, 4.69) is 10.3 Å². The molecular formula is C10H18N4O. The molecule has 0 radical (unpaired) electrons. The Bertz CT molecular complexity index is 321. The van der Waals surface area contributed by atoms with Gasteiger partial charge < -0.3 is 5.73 Å². The number of Topliss-reactive ketones (excluding diaryl/α,β-unsaturated/α-hetero) is 1. The van der Waals surface area contributed by atoms with Gasteiger partial charge in [-0.3, -0.25) is 4.79 Å². The minimum Gasteiger partial charge on any atom is -0.330 e. The fourth-order valence-corrected chi connectivity index (χ4v) is 1.46. The van der Waals surface area contributed by atoms with E-state index in [1.807, 2.05) is 13.8 Å². The van der Waals surface area contributed by atoms with Gasteiger partial charge in [-0.25, -0.2) is 4.68 Å². The van der Waals surface area contributed by atoms with Gasteiger partial charge in [-0.05, 0) is 19.4 Å². The van der Waals surface area contributed by atoms with Crippen LogP contribution in [0.15, 0.2) is 6.20 Å². The number of rotatable bonds is 6. The first-order chi connectivity index (χ1) is 7.20. The van der Waals surface area contributed by atoms with Crippen LogP contribution in [0.1, 0.15) is 37.2 Å². The van der Waals surface area contributed by atoms with E-state index in [1.54, 1.807) is 4.68 Å². The number of carbonyl (C=O) groups excluding carboxylic acids is 1. The van der Waals surface area contributed by atoms with E-state index in [9.17, 15) is 4.79 Å². The highest BCUT2D eigenvalue weighted by Gasteiger charge is 2.18. The van der Waals surface area contributed by atoms with Gasteiger partial charge in [0.05, 0.1) is 6.20 Å². The maximum absolute atomic E-state index is 11.9. The molecule has 0 aliphatic rings. The first kappa shape index (κ1) is 11.8. The summed E-state index contributed by atoms with van der Waals surface area (Å²) < 4.78 is 1.66. The van der Waals surface area contributed by atoms with Crippen LogP contribution < -0.4 is 5.73 Å². The lowest BCUT2D eigenvalue weighted by Gasteiger charge is -2.09. The Morgan fingerprint density at radius 1 is 1.67 bits per heavy atom. The lowest BCUT2D eigenvalue weighted by atomic mass is 10.0. The summed E-state index contributed by atoms with van der Waals surface area (Å²) in [5.74, 6) is 0.0306. The van der Waals surface area contributed by atoms with Crippen molar-refractivity contribution in [3.63, 3.8) is 0 Å². The number of nitrogens with two attached hydrogens (primary N) is 1. The minimum atomic E-state index is -0.0518. The number of carbonyl (C=O) groups is 1. The van der Waals surface area contributed by atoms with E-state index in [-0.39, 0.29) is 11.7 Å². The monoisotopic (exact) mass is 210 g/mol. The highest BCUT2D eigenvalue weighted by Crippen LogP contribution is 2.10. The van der Waals surface area contributed by atoms with Gasteiger partial charge in [0.1, 0.15) is 5.69 Å². The molecule has 84 valence electrons. The Kier molecular flexibility index (Phi) is 4.42. The second-order valence-electron chi connectivity index (χ2n) is 3.69. The predicted octanol–water partition coefficient (Wildman–Crippen LogP) is 0.856. The SMILES string of the molecule is CCCn1nncc1C(=O)C(C)CCN. The van der Waals surface area contributed by atoms with Crippen molar-refractivity contribution >= 4 is 5.78 Å². The first-order valence-corrected chi connectivity index (χ1v) is 5.33. The Balaban J connectivity index is 2.76. The fourth-order valence-electron chi connectivity index (χ4n) is 1.46. The van der Waals surface area contributed by atoms with Crippen LogP contribution in [0.5, 0.6) is 0 Å². The maximum Gasteiger partial charge on any atom is 0.185 e. The summed E-state index contributed by atoms with van der Waals surface area (Å²) in [7, 11) is 0. The number of nitrogens with zero attached hydrogens (tertiary/aromatic N) is 3. The largest absolute Gasteiger partial charge is 0.330 e. The molecule has 1 unspecified atom stereocenters. The molecule has 0 saturated heterocycles. The molecule has 0 aliphatic heterocycles. The van der Waals surface area contributed by atoms with E-state index in [0.717, 1.165) is 13.0 Å². The zero-order chi connectivity index (χ0) is 11.3. The molecule has 0 aliphatic carbocycles. The summed E-state index contributed by atoms with van der Waals surface area (Å²) in [4.78, 5) is 11.9. The summed E-state index contributed by atoms with van der Waals surface area (Å²) in [5, 5.41) is 7.65. The van der Waals surface area contributed by atoms with Crippen LogP contribution in [0.25, 0.3) is 0 Å². The van der Waals surface area contributed by atoms with Crippen LogP contribution in [-0.4, -0.2) is 27.3 Å². The smallest absolute Gasteiger partial charge is 0.185 e. The number of aromatic nitrogens is 3. The number of ketones is 1. The zero-order valence-electron chi connectivity index (χ0n) is 9.31. The Hall–Kier alpha value is -1.23. The quantitative estimate of drug-likeness (QED) is 0.706. The van der Waals surface area contributed by atoms with E-state index >= 15 is 0 Å². The van der Waals surface area contributed by atoms with Crippen molar-refractivity contribution in [3.8, 4) is 0 Å². The molecule has 1 aromatic heterocycles. The summed E-state index contributed by atoms with van der Waals surface area (Å²) in [5.41, 5.74) is 6.02. The second kappa shape index (κ2) is 5.60. The van der Waals surface area contributed by atoms with Gasteiger partial charge in [0.2, 0.25) is 0 Å². The Morgan fingerprint density at radius 2 is 2.40 bits per heavy atom. The third kappa shape index (κ3) is 2.86. The summed E-state index contributed by atoms with van der Waals surface area (Å²) in [6.45, 7) is 5.19. The average molecular weight is 210 g/mol. The van der Waals surface area contributed by atoms with E-state index in [0.29, 0.717) is 18.7 Å². The molecule has 2 N–H and O–H groups in total. The van der Waals surface area contributed by atoms with Gasteiger partial charge in [-0.2, -0.15) is 0 Å². The van der Waals surface area contributed by atoms with Gasteiger partial charge in [0, 0.05) is 12.5 Å². The fraction of sp³-hybridized carbons (Fsp3) is 0.700. The van der Waals surface area contributed by atoms with Gasteiger partial charge in [0.25, 0.3) is 0 Å². The van der Waals surface area contributed by atoms with Crippen LogP contribution in [-0.2, 0) is 6.54 Å². The Morgan fingerprint density at radius 3 is 3.00 bits per heavy atom. The molecule has 5 nitrogen and oxygen atoms in total. The van der Waals surface area contributed by atoms with Gasteiger partial charge >= 0.3 is 0 Å². The van der Waals surface area contributed by atoms with Crippen molar-refractivity contribution in [2.24, 2.45) is 11.7 Å². The topological polar surface area (TPSA) is 73.8 Å². The van der Waals surface area contributed by atoms with E-state index in [4.69, 9.17) is 5.73 Å². The van der Waals surface area contributed by atoms with Crippen molar-refractivity contribution in [2.75, 3.05) is 6.54 Å². The van der Waals surface area contributed by atoms with Gasteiger partial charge in [0.15, 0.2) is 5.78 Å². The van der Waals surface area contributed by atoms with Crippen molar-refractivity contribution < 1.29 is 4.79 Å². The number of aryl methyl sites for hydroxylation is 1. The van der Waals surface area contributed by atoms with Crippen molar-refractivity contribution in [1.82, 2.24) is 15.0 Å². The van der Waals surface area contributed by atoms with Crippen molar-refractivity contribution in [2.45, 2.75) is 33.2 Å². The van der Waals surface area contributed by atoms with E-state index < -0.39 is 0 Å². The highest BCUT2D eigenvalue weighted by atomic mass is 16.1. The van der Waals surface area contributed by atoms with Crippen LogP contribution in [0, 0.1) is 5.92 Å². The van der Waals surface area contributed by atoms with E-state index in [1.165, 1.54) is 6.20 Å². The molecule has 1 rings (SSSR count). The van der Waals surface area contributed by atoms with Crippen molar-refractivity contribution in [1.29, 1.82) is 0 Å². The lowest BCUT2D eigenvalue weighted by molar-refractivity contribution is 0.0914. The molecule has 0 fully saturated rings. The van der Waals surface area contributed by atoms with Gasteiger partial charge in [-0.1, -0.05) is 19.1 Å². The molecule has 0 saturated carbocycles. The van der Waals surface area contributed by atoms with Crippen LogP contribution in [0.2, 0.25) is 0 Å². The minimum absolute atomic E-state index is 0.0518. The first-order valence-electron chi connectivity index (χ1n) is 5.33. The molecule has 0 amide bonds. The normalized spacial score (nSPS) is 12.7. The third-order valence-corrected chi connectivity index (χ3v) is 2.35. The number of hydrogen-bond acceptors (Lipinski definition) is 4. The maximum atomic E-state index is 11.9. The van der Waals surface area contributed by atoms with Crippen LogP contribution in [0.4, 0.5) is 0 Å². The molecule has 1 aromatic rings. The second-order valence-corrected chi connectivity index (χ2v) is 3.69. The molecule has 1 atom stereocenters.